The zero-order chi connectivity index (χ0) is 9.84. The zero-order valence-electron chi connectivity index (χ0n) is 7.75. The molecule has 0 fully saturated rings. The van der Waals surface area contributed by atoms with E-state index in [1.165, 1.54) is 6.07 Å². The van der Waals surface area contributed by atoms with E-state index >= 15 is 0 Å². The summed E-state index contributed by atoms with van der Waals surface area (Å²) in [5.41, 5.74) is 0.475. The van der Waals surface area contributed by atoms with Gasteiger partial charge in [-0.2, -0.15) is 0 Å². The first-order valence-corrected chi connectivity index (χ1v) is 4.17. The molecule has 1 unspecified atom stereocenters. The van der Waals surface area contributed by atoms with Gasteiger partial charge >= 0.3 is 0 Å². The smallest absolute Gasteiger partial charge is 0.129 e. The fourth-order valence-electron chi connectivity index (χ4n) is 0.969. The van der Waals surface area contributed by atoms with E-state index in [1.807, 2.05) is 0 Å². The van der Waals surface area contributed by atoms with Crippen LogP contribution in [0.1, 0.15) is 12.5 Å². The van der Waals surface area contributed by atoms with Gasteiger partial charge < -0.3 is 9.84 Å². The van der Waals surface area contributed by atoms with E-state index in [0.717, 1.165) is 0 Å². The van der Waals surface area contributed by atoms with Crippen molar-refractivity contribution in [2.45, 2.75) is 20.0 Å². The molecule has 0 saturated heterocycles. The molecule has 13 heavy (non-hydrogen) atoms. The summed E-state index contributed by atoms with van der Waals surface area (Å²) in [6, 6.07) is 4.65. The van der Waals surface area contributed by atoms with Gasteiger partial charge in [0.15, 0.2) is 0 Å². The summed E-state index contributed by atoms with van der Waals surface area (Å²) in [4.78, 5) is 0. The van der Waals surface area contributed by atoms with Gasteiger partial charge in [-0.3, -0.25) is 0 Å². The van der Waals surface area contributed by atoms with Gasteiger partial charge in [0.05, 0.1) is 6.61 Å². The summed E-state index contributed by atoms with van der Waals surface area (Å²) in [6.07, 6.45) is -0.305. The van der Waals surface area contributed by atoms with Gasteiger partial charge in [-0.25, -0.2) is 4.39 Å². The van der Waals surface area contributed by atoms with Crippen molar-refractivity contribution in [1.82, 2.24) is 0 Å². The lowest BCUT2D eigenvalue weighted by molar-refractivity contribution is 0.128. The Morgan fingerprint density at radius 3 is 2.85 bits per heavy atom. The summed E-state index contributed by atoms with van der Waals surface area (Å²) in [5.74, 6) is 0.198. The van der Waals surface area contributed by atoms with Crippen molar-refractivity contribution in [2.24, 2.45) is 0 Å². The van der Waals surface area contributed by atoms with Crippen molar-refractivity contribution in [3.8, 4) is 5.75 Å². The Morgan fingerprint density at radius 2 is 2.23 bits per heavy atom. The molecule has 2 nitrogen and oxygen atoms in total. The molecule has 1 atom stereocenters. The molecule has 1 aromatic carbocycles. The van der Waals surface area contributed by atoms with Crippen LogP contribution in [0.5, 0.6) is 5.75 Å². The minimum absolute atomic E-state index is 0.0735. The molecule has 0 radical (unpaired) electrons. The lowest BCUT2D eigenvalue weighted by atomic mass is 10.2. The summed E-state index contributed by atoms with van der Waals surface area (Å²) in [5, 5.41) is 8.74. The fraction of sp³-hybridized carbons (Fsp3) is 0.400. The molecule has 0 amide bonds. The molecule has 1 N–H and O–H groups in total. The van der Waals surface area contributed by atoms with Gasteiger partial charge in [-0.05, 0) is 26.0 Å². The van der Waals surface area contributed by atoms with Crippen LogP contribution in [-0.4, -0.2) is 17.8 Å². The van der Waals surface area contributed by atoms with Crippen LogP contribution in [0.4, 0.5) is 4.39 Å². The minimum atomic E-state index is -0.305. The van der Waals surface area contributed by atoms with Crippen molar-refractivity contribution in [1.29, 1.82) is 0 Å². The normalized spacial score (nSPS) is 12.6. The van der Waals surface area contributed by atoms with Gasteiger partial charge in [0, 0.05) is 5.56 Å². The lowest BCUT2D eigenvalue weighted by Crippen LogP contribution is -2.16. The third kappa shape index (κ3) is 2.42. The van der Waals surface area contributed by atoms with Crippen molar-refractivity contribution in [3.05, 3.63) is 29.6 Å². The number of hydrogen-bond donors (Lipinski definition) is 1. The average Bonchev–Trinajstić information content (AvgIpc) is 2.13. The van der Waals surface area contributed by atoms with Crippen LogP contribution in [0.3, 0.4) is 0 Å². The van der Waals surface area contributed by atoms with Crippen LogP contribution in [0.25, 0.3) is 0 Å². The minimum Gasteiger partial charge on any atom is -0.488 e. The molecule has 1 aromatic rings. The molecule has 1 rings (SSSR count). The zero-order valence-corrected chi connectivity index (χ0v) is 7.75. The van der Waals surface area contributed by atoms with Crippen LogP contribution in [0, 0.1) is 12.7 Å². The van der Waals surface area contributed by atoms with E-state index in [1.54, 1.807) is 26.0 Å². The number of aliphatic hydroxyl groups is 1. The largest absolute Gasteiger partial charge is 0.488 e. The van der Waals surface area contributed by atoms with Gasteiger partial charge in [-0.15, -0.1) is 0 Å². The predicted molar refractivity (Wildman–Crippen MR) is 48.3 cm³/mol. The number of benzene rings is 1. The number of hydrogen-bond acceptors (Lipinski definition) is 2. The maximum Gasteiger partial charge on any atom is 0.129 e. The maximum absolute atomic E-state index is 13.0. The van der Waals surface area contributed by atoms with Gasteiger partial charge in [0.1, 0.15) is 17.7 Å². The Balaban J connectivity index is 2.83. The molecule has 0 aliphatic rings. The second kappa shape index (κ2) is 4.23. The molecule has 0 aliphatic heterocycles. The second-order valence-electron chi connectivity index (χ2n) is 2.97. The first-order valence-electron chi connectivity index (χ1n) is 4.17. The van der Waals surface area contributed by atoms with Crippen molar-refractivity contribution < 1.29 is 14.2 Å². The van der Waals surface area contributed by atoms with E-state index < -0.39 is 0 Å². The van der Waals surface area contributed by atoms with Gasteiger partial charge in [0.2, 0.25) is 0 Å². The molecule has 0 spiro atoms. The Morgan fingerprint density at radius 1 is 1.54 bits per heavy atom. The molecular formula is C10H13FO2. The van der Waals surface area contributed by atoms with E-state index in [2.05, 4.69) is 0 Å². The Labute approximate surface area is 77.0 Å². The maximum atomic E-state index is 13.0. The van der Waals surface area contributed by atoms with Crippen molar-refractivity contribution in [3.63, 3.8) is 0 Å². The molecule has 0 bridgehead atoms. The third-order valence-electron chi connectivity index (χ3n) is 1.80. The van der Waals surface area contributed by atoms with Gasteiger partial charge in [-0.1, -0.05) is 6.07 Å². The molecule has 3 heteroatoms. The molecule has 0 heterocycles. The molecule has 72 valence electrons. The fourth-order valence-corrected chi connectivity index (χ4v) is 0.969. The van der Waals surface area contributed by atoms with Crippen LogP contribution >= 0.6 is 0 Å². The van der Waals surface area contributed by atoms with Crippen LogP contribution < -0.4 is 4.74 Å². The topological polar surface area (TPSA) is 29.5 Å². The second-order valence-corrected chi connectivity index (χ2v) is 2.97. The predicted octanol–water partition coefficient (Wildman–Crippen LogP) is 1.89. The number of halogens is 1. The molecule has 0 aliphatic carbocycles. The Bertz CT molecular complexity index is 286. The monoisotopic (exact) mass is 184 g/mol. The Kier molecular flexibility index (Phi) is 3.25. The number of rotatable bonds is 3. The first-order chi connectivity index (χ1) is 6.15. The SMILES string of the molecule is Cc1c(F)cccc1OC(C)CO. The lowest BCUT2D eigenvalue weighted by Gasteiger charge is -2.13. The molecule has 0 aromatic heterocycles. The highest BCUT2D eigenvalue weighted by Crippen LogP contribution is 2.20. The summed E-state index contributed by atoms with van der Waals surface area (Å²) >= 11 is 0. The average molecular weight is 184 g/mol. The van der Waals surface area contributed by atoms with E-state index in [9.17, 15) is 4.39 Å². The van der Waals surface area contributed by atoms with E-state index in [4.69, 9.17) is 9.84 Å². The van der Waals surface area contributed by atoms with Crippen LogP contribution in [0.15, 0.2) is 18.2 Å². The molecular weight excluding hydrogens is 171 g/mol. The van der Waals surface area contributed by atoms with Crippen LogP contribution in [0.2, 0.25) is 0 Å². The van der Waals surface area contributed by atoms with Gasteiger partial charge in [0.25, 0.3) is 0 Å². The van der Waals surface area contributed by atoms with E-state index in [-0.39, 0.29) is 18.5 Å². The van der Waals surface area contributed by atoms with E-state index in [0.29, 0.717) is 11.3 Å². The number of ether oxygens (including phenoxy) is 1. The number of aliphatic hydroxyl groups excluding tert-OH is 1. The van der Waals surface area contributed by atoms with Crippen molar-refractivity contribution >= 4 is 0 Å². The first kappa shape index (κ1) is 9.99. The quantitative estimate of drug-likeness (QED) is 0.777. The summed E-state index contributed by atoms with van der Waals surface area (Å²) in [6.45, 7) is 3.30. The van der Waals surface area contributed by atoms with Crippen molar-refractivity contribution in [2.75, 3.05) is 6.61 Å². The highest BCUT2D eigenvalue weighted by molar-refractivity contribution is 5.33. The highest BCUT2D eigenvalue weighted by atomic mass is 19.1. The highest BCUT2D eigenvalue weighted by Gasteiger charge is 2.07. The summed E-state index contributed by atoms with van der Waals surface area (Å²) < 4.78 is 18.3. The Hall–Kier alpha value is -1.09. The standard InChI is InChI=1S/C10H13FO2/c1-7(6-12)13-10-5-3-4-9(11)8(10)2/h3-5,7,12H,6H2,1-2H3. The summed E-state index contributed by atoms with van der Waals surface area (Å²) in [7, 11) is 0. The van der Waals surface area contributed by atoms with Crippen LogP contribution in [-0.2, 0) is 0 Å². The molecule has 0 saturated carbocycles. The third-order valence-corrected chi connectivity index (χ3v) is 1.80.